The molecule has 0 aliphatic heterocycles. The second-order valence-corrected chi connectivity index (χ2v) is 3.79. The number of benzene rings is 1. The molecule has 0 saturated carbocycles. The summed E-state index contributed by atoms with van der Waals surface area (Å²) in [6.45, 7) is 3.06. The molecular weight excluding hydrogens is 196 g/mol. The number of rotatable bonds is 6. The first-order chi connectivity index (χ1) is 7.88. The van der Waals surface area contributed by atoms with Gasteiger partial charge in [0.05, 0.1) is 11.6 Å². The summed E-state index contributed by atoms with van der Waals surface area (Å²) < 4.78 is 0. The Morgan fingerprint density at radius 1 is 1.25 bits per heavy atom. The van der Waals surface area contributed by atoms with Gasteiger partial charge in [-0.1, -0.05) is 44.4 Å². The molecule has 0 atom stereocenters. The molecule has 0 N–H and O–H groups in total. The molecule has 0 amide bonds. The molecule has 1 aromatic rings. The highest BCUT2D eigenvalue weighted by molar-refractivity contribution is 5.83. The lowest BCUT2D eigenvalue weighted by Crippen LogP contribution is -1.89. The molecule has 0 aliphatic rings. The lowest BCUT2D eigenvalue weighted by atomic mass is 10.1. The van der Waals surface area contributed by atoms with Crippen molar-refractivity contribution in [3.63, 3.8) is 0 Å². The molecule has 0 aliphatic carbocycles. The van der Waals surface area contributed by atoms with E-state index in [0.717, 1.165) is 18.5 Å². The van der Waals surface area contributed by atoms with Crippen LogP contribution in [-0.4, -0.2) is 12.8 Å². The third-order valence-electron chi connectivity index (χ3n) is 2.45. The van der Waals surface area contributed by atoms with E-state index in [1.807, 2.05) is 30.5 Å². The van der Waals surface area contributed by atoms with Crippen LogP contribution in [-0.2, 0) is 0 Å². The highest BCUT2D eigenvalue weighted by Crippen LogP contribution is 2.04. The van der Waals surface area contributed by atoms with Crippen molar-refractivity contribution in [2.45, 2.75) is 32.6 Å². The molecule has 0 bridgehead atoms. The van der Waals surface area contributed by atoms with Crippen LogP contribution < -0.4 is 0 Å². The van der Waals surface area contributed by atoms with Crippen LogP contribution in [0.2, 0.25) is 0 Å². The molecule has 16 heavy (non-hydrogen) atoms. The average molecular weight is 214 g/mol. The molecule has 0 unspecified atom stereocenters. The number of unbranched alkanes of at least 4 members (excludes halogenated alkanes) is 3. The van der Waals surface area contributed by atoms with E-state index >= 15 is 0 Å². The van der Waals surface area contributed by atoms with Crippen LogP contribution in [0.25, 0.3) is 0 Å². The Balaban J connectivity index is 2.41. The SMILES string of the molecule is CCCCCC/N=C/c1ccccc1C#N. The number of nitriles is 1. The van der Waals surface area contributed by atoms with Gasteiger partial charge in [0.1, 0.15) is 0 Å². The zero-order chi connectivity index (χ0) is 11.6. The summed E-state index contributed by atoms with van der Waals surface area (Å²) in [6.07, 6.45) is 6.72. The van der Waals surface area contributed by atoms with E-state index < -0.39 is 0 Å². The molecule has 0 saturated heterocycles. The van der Waals surface area contributed by atoms with Gasteiger partial charge in [-0.05, 0) is 12.5 Å². The van der Waals surface area contributed by atoms with Gasteiger partial charge in [0.25, 0.3) is 0 Å². The summed E-state index contributed by atoms with van der Waals surface area (Å²) in [5.41, 5.74) is 1.61. The zero-order valence-electron chi connectivity index (χ0n) is 9.82. The fourth-order valence-corrected chi connectivity index (χ4v) is 1.50. The topological polar surface area (TPSA) is 36.1 Å². The van der Waals surface area contributed by atoms with Crippen LogP contribution in [0.5, 0.6) is 0 Å². The first kappa shape index (κ1) is 12.4. The lowest BCUT2D eigenvalue weighted by molar-refractivity contribution is 0.676. The molecule has 0 aromatic heterocycles. The van der Waals surface area contributed by atoms with Crippen molar-refractivity contribution in [2.24, 2.45) is 4.99 Å². The predicted molar refractivity (Wildman–Crippen MR) is 67.8 cm³/mol. The minimum atomic E-state index is 0.694. The van der Waals surface area contributed by atoms with Gasteiger partial charge in [-0.2, -0.15) is 5.26 Å². The quantitative estimate of drug-likeness (QED) is 0.527. The van der Waals surface area contributed by atoms with Gasteiger partial charge in [-0.3, -0.25) is 4.99 Å². The summed E-state index contributed by atoms with van der Waals surface area (Å²) >= 11 is 0. The van der Waals surface area contributed by atoms with Crippen LogP contribution >= 0.6 is 0 Å². The van der Waals surface area contributed by atoms with E-state index in [4.69, 9.17) is 5.26 Å². The first-order valence-corrected chi connectivity index (χ1v) is 5.87. The monoisotopic (exact) mass is 214 g/mol. The van der Waals surface area contributed by atoms with Gasteiger partial charge in [-0.15, -0.1) is 0 Å². The molecule has 1 aromatic carbocycles. The van der Waals surface area contributed by atoms with E-state index in [0.29, 0.717) is 5.56 Å². The van der Waals surface area contributed by atoms with Crippen molar-refractivity contribution in [1.29, 1.82) is 5.26 Å². The van der Waals surface area contributed by atoms with E-state index in [9.17, 15) is 0 Å². The first-order valence-electron chi connectivity index (χ1n) is 5.87. The van der Waals surface area contributed by atoms with E-state index in [1.165, 1.54) is 19.3 Å². The largest absolute Gasteiger partial charge is 0.293 e. The normalized spacial score (nSPS) is 10.5. The Labute approximate surface area is 97.6 Å². The fourth-order valence-electron chi connectivity index (χ4n) is 1.50. The number of aliphatic imine (C=N–C) groups is 1. The van der Waals surface area contributed by atoms with Crippen molar-refractivity contribution >= 4 is 6.21 Å². The zero-order valence-corrected chi connectivity index (χ0v) is 9.82. The summed E-state index contributed by atoms with van der Waals surface area (Å²) in [5, 5.41) is 8.88. The maximum atomic E-state index is 8.88. The Morgan fingerprint density at radius 2 is 2.06 bits per heavy atom. The second-order valence-electron chi connectivity index (χ2n) is 3.79. The standard InChI is InChI=1S/C14H18N2/c1-2-3-4-7-10-16-12-14-9-6-5-8-13(14)11-15/h5-6,8-9,12H,2-4,7,10H2,1H3/b16-12+. The van der Waals surface area contributed by atoms with Crippen molar-refractivity contribution in [2.75, 3.05) is 6.54 Å². The number of hydrogen-bond donors (Lipinski definition) is 0. The van der Waals surface area contributed by atoms with Gasteiger partial charge in [0.2, 0.25) is 0 Å². The van der Waals surface area contributed by atoms with Gasteiger partial charge >= 0.3 is 0 Å². The maximum absolute atomic E-state index is 8.88. The summed E-state index contributed by atoms with van der Waals surface area (Å²) in [4.78, 5) is 4.35. The minimum Gasteiger partial charge on any atom is -0.293 e. The van der Waals surface area contributed by atoms with E-state index in [1.54, 1.807) is 0 Å². The third kappa shape index (κ3) is 4.27. The van der Waals surface area contributed by atoms with Gasteiger partial charge in [0.15, 0.2) is 0 Å². The van der Waals surface area contributed by atoms with Crippen molar-refractivity contribution in [3.05, 3.63) is 35.4 Å². The smallest absolute Gasteiger partial charge is 0.0998 e. The lowest BCUT2D eigenvalue weighted by Gasteiger charge is -1.97. The third-order valence-corrected chi connectivity index (χ3v) is 2.45. The van der Waals surface area contributed by atoms with Gasteiger partial charge in [-0.25, -0.2) is 0 Å². The summed E-state index contributed by atoms with van der Waals surface area (Å²) in [7, 11) is 0. The molecule has 84 valence electrons. The molecule has 2 nitrogen and oxygen atoms in total. The van der Waals surface area contributed by atoms with E-state index in [-0.39, 0.29) is 0 Å². The predicted octanol–water partition coefficient (Wildman–Crippen LogP) is 3.56. The Hall–Kier alpha value is -1.62. The highest BCUT2D eigenvalue weighted by atomic mass is 14.7. The highest BCUT2D eigenvalue weighted by Gasteiger charge is 1.95. The van der Waals surface area contributed by atoms with Gasteiger partial charge in [0, 0.05) is 18.3 Å². The van der Waals surface area contributed by atoms with E-state index in [2.05, 4.69) is 18.0 Å². The number of nitrogens with zero attached hydrogens (tertiary/aromatic N) is 2. The number of hydrogen-bond acceptors (Lipinski definition) is 2. The molecule has 0 heterocycles. The molecule has 0 spiro atoms. The van der Waals surface area contributed by atoms with Crippen molar-refractivity contribution in [1.82, 2.24) is 0 Å². The fraction of sp³-hybridized carbons (Fsp3) is 0.429. The van der Waals surface area contributed by atoms with Gasteiger partial charge < -0.3 is 0 Å². The molecule has 0 radical (unpaired) electrons. The average Bonchev–Trinajstić information content (AvgIpc) is 2.34. The molecule has 2 heteroatoms. The molecular formula is C14H18N2. The Kier molecular flexibility index (Phi) is 5.95. The summed E-state index contributed by atoms with van der Waals surface area (Å²) in [6, 6.07) is 9.71. The molecule has 0 fully saturated rings. The van der Waals surface area contributed by atoms with Crippen LogP contribution in [0, 0.1) is 11.3 Å². The van der Waals surface area contributed by atoms with Crippen LogP contribution in [0.3, 0.4) is 0 Å². The van der Waals surface area contributed by atoms with Crippen molar-refractivity contribution < 1.29 is 0 Å². The minimum absolute atomic E-state index is 0.694. The second kappa shape index (κ2) is 7.64. The van der Waals surface area contributed by atoms with Crippen LogP contribution in [0.4, 0.5) is 0 Å². The maximum Gasteiger partial charge on any atom is 0.0998 e. The Morgan fingerprint density at radius 3 is 2.81 bits per heavy atom. The van der Waals surface area contributed by atoms with Crippen LogP contribution in [0.15, 0.2) is 29.3 Å². The Bertz CT molecular complexity index is 375. The van der Waals surface area contributed by atoms with Crippen LogP contribution in [0.1, 0.15) is 43.7 Å². The molecule has 1 rings (SSSR count). The summed E-state index contributed by atoms with van der Waals surface area (Å²) in [5.74, 6) is 0. The van der Waals surface area contributed by atoms with Crippen molar-refractivity contribution in [3.8, 4) is 6.07 Å².